The first-order chi connectivity index (χ1) is 14.5. The van der Waals surface area contributed by atoms with Crippen molar-refractivity contribution in [2.45, 2.75) is 63.7 Å². The van der Waals surface area contributed by atoms with Crippen molar-refractivity contribution in [2.24, 2.45) is 0 Å². The Labute approximate surface area is 183 Å². The smallest absolute Gasteiger partial charge is 0.220 e. The van der Waals surface area contributed by atoms with Gasteiger partial charge in [0.1, 0.15) is 5.75 Å². The topological polar surface area (TPSA) is 45.5 Å². The summed E-state index contributed by atoms with van der Waals surface area (Å²) in [5.74, 6) is 0.525. The van der Waals surface area contributed by atoms with Gasteiger partial charge in [-0.3, -0.25) is 0 Å². The molecule has 162 valence electrons. The van der Waals surface area contributed by atoms with E-state index < -0.39 is 8.32 Å². The lowest BCUT2D eigenvalue weighted by molar-refractivity contribution is -0.0889. The zero-order chi connectivity index (χ0) is 22.0. The number of nitrogens with zero attached hydrogens (tertiary/aromatic N) is 2. The lowest BCUT2D eigenvalue weighted by atomic mass is 9.88. The van der Waals surface area contributed by atoms with E-state index in [1.54, 1.807) is 7.11 Å². The fourth-order valence-electron chi connectivity index (χ4n) is 4.03. The maximum atomic E-state index is 10.1. The normalized spacial score (nSPS) is 13.6. The number of methoxy groups -OCH3 is 1. The fourth-order valence-corrected chi connectivity index (χ4v) is 6.66. The summed E-state index contributed by atoms with van der Waals surface area (Å²) in [4.78, 5) is 0. The molecule has 0 heterocycles. The van der Waals surface area contributed by atoms with Crippen molar-refractivity contribution >= 4 is 8.32 Å². The fraction of sp³-hybridized carbons (Fsp3) is 0.480. The molecular weight excluding hydrogens is 388 g/mol. The highest BCUT2D eigenvalue weighted by molar-refractivity contribution is 6.73. The average Bonchev–Trinajstić information content (AvgIpc) is 2.81. The van der Waals surface area contributed by atoms with E-state index >= 15 is 0 Å². The van der Waals surface area contributed by atoms with Gasteiger partial charge in [-0.05, 0) is 54.2 Å². The third-order valence-electron chi connectivity index (χ3n) is 6.31. The quantitative estimate of drug-likeness (QED) is 0.302. The maximum Gasteiger partial charge on any atom is 0.220 e. The molecule has 0 aliphatic heterocycles. The Morgan fingerprint density at radius 3 is 2.07 bits per heavy atom. The van der Waals surface area contributed by atoms with Crippen LogP contribution in [0.25, 0.3) is 0 Å². The Kier molecular flexibility index (Phi) is 9.58. The van der Waals surface area contributed by atoms with Gasteiger partial charge in [0.25, 0.3) is 0 Å². The lowest BCUT2D eigenvalue weighted by Crippen LogP contribution is -2.47. The van der Waals surface area contributed by atoms with E-state index in [0.29, 0.717) is 0 Å². The molecule has 0 aliphatic carbocycles. The zero-order valence-corrected chi connectivity index (χ0v) is 20.1. The number of hydroxylamine groups is 2. The van der Waals surface area contributed by atoms with E-state index in [-0.39, 0.29) is 12.0 Å². The number of nitriles is 1. The van der Waals surface area contributed by atoms with Crippen LogP contribution in [0, 0.1) is 11.3 Å². The third-order valence-corrected chi connectivity index (χ3v) is 10.8. The Hall–Kier alpha value is -2.13. The molecule has 5 heteroatoms. The molecule has 2 unspecified atom stereocenters. The molecule has 2 atom stereocenters. The van der Waals surface area contributed by atoms with Gasteiger partial charge >= 0.3 is 0 Å². The number of hydrogen-bond donors (Lipinski definition) is 0. The van der Waals surface area contributed by atoms with Crippen LogP contribution in [0.15, 0.2) is 54.6 Å². The standard InChI is InChI=1S/C25H36N2O2Si/c1-6-30(7-2,8-3)29-27(4)25(19-14-21-12-10-9-11-13-21)24(20-26)22-15-17-23(28-5)18-16-22/h9-13,15-18,24-25H,6-8,14,19H2,1-5H3. The van der Waals surface area contributed by atoms with Gasteiger partial charge in [-0.1, -0.05) is 63.2 Å². The first kappa shape index (κ1) is 24.1. The second kappa shape index (κ2) is 11.9. The van der Waals surface area contributed by atoms with Crippen molar-refractivity contribution in [1.82, 2.24) is 5.06 Å². The average molecular weight is 425 g/mol. The summed E-state index contributed by atoms with van der Waals surface area (Å²) in [7, 11) is 1.85. The van der Waals surface area contributed by atoms with Crippen LogP contribution in [-0.4, -0.2) is 33.6 Å². The third kappa shape index (κ3) is 6.18. The zero-order valence-electron chi connectivity index (χ0n) is 19.1. The van der Waals surface area contributed by atoms with Crippen LogP contribution in [0.5, 0.6) is 5.75 Å². The van der Waals surface area contributed by atoms with Gasteiger partial charge < -0.3 is 9.26 Å². The van der Waals surface area contributed by atoms with Crippen molar-refractivity contribution < 1.29 is 9.26 Å². The number of aryl methyl sites for hydroxylation is 1. The summed E-state index contributed by atoms with van der Waals surface area (Å²) >= 11 is 0. The monoisotopic (exact) mass is 424 g/mol. The molecule has 2 aromatic rings. The number of benzene rings is 2. The SMILES string of the molecule is CC[Si](CC)(CC)ON(C)C(CCc1ccccc1)C(C#N)c1ccc(OC)cc1. The number of ether oxygens (including phenoxy) is 1. The Morgan fingerprint density at radius 1 is 0.967 bits per heavy atom. The maximum absolute atomic E-state index is 10.1. The van der Waals surface area contributed by atoms with Crippen molar-refractivity contribution in [3.8, 4) is 11.8 Å². The number of likely N-dealkylation sites (N-methyl/N-ethyl adjacent to an activating group) is 1. The molecule has 0 amide bonds. The van der Waals surface area contributed by atoms with Gasteiger partial charge in [0.15, 0.2) is 0 Å². The van der Waals surface area contributed by atoms with Crippen LogP contribution in [-0.2, 0) is 10.9 Å². The van der Waals surface area contributed by atoms with Gasteiger partial charge in [0, 0.05) is 7.05 Å². The first-order valence-corrected chi connectivity index (χ1v) is 13.5. The predicted octanol–water partition coefficient (Wildman–Crippen LogP) is 6.17. The molecule has 0 N–H and O–H groups in total. The Balaban J connectivity index is 2.31. The van der Waals surface area contributed by atoms with E-state index in [0.717, 1.165) is 42.3 Å². The van der Waals surface area contributed by atoms with Crippen molar-refractivity contribution in [3.63, 3.8) is 0 Å². The van der Waals surface area contributed by atoms with Gasteiger partial charge in [-0.25, -0.2) is 0 Å². The van der Waals surface area contributed by atoms with E-state index in [2.05, 4.69) is 51.1 Å². The van der Waals surface area contributed by atoms with Crippen LogP contribution in [0.4, 0.5) is 0 Å². The van der Waals surface area contributed by atoms with Crippen molar-refractivity contribution in [1.29, 1.82) is 5.26 Å². The van der Waals surface area contributed by atoms with Gasteiger partial charge in [0.2, 0.25) is 8.32 Å². The Morgan fingerprint density at radius 2 is 1.57 bits per heavy atom. The Bertz CT molecular complexity index is 777. The number of rotatable bonds is 12. The molecule has 30 heavy (non-hydrogen) atoms. The minimum atomic E-state index is -1.83. The van der Waals surface area contributed by atoms with Crippen molar-refractivity contribution in [3.05, 3.63) is 65.7 Å². The van der Waals surface area contributed by atoms with Crippen molar-refractivity contribution in [2.75, 3.05) is 14.2 Å². The molecule has 0 saturated heterocycles. The van der Waals surface area contributed by atoms with Gasteiger partial charge in [-0.2, -0.15) is 10.3 Å². The molecule has 0 saturated carbocycles. The molecule has 0 spiro atoms. The largest absolute Gasteiger partial charge is 0.497 e. The van der Waals surface area contributed by atoms with Gasteiger partial charge in [-0.15, -0.1) is 0 Å². The van der Waals surface area contributed by atoms with E-state index in [9.17, 15) is 5.26 Å². The second-order valence-electron chi connectivity index (χ2n) is 7.85. The second-order valence-corrected chi connectivity index (χ2v) is 12.5. The molecule has 0 fully saturated rings. The minimum absolute atomic E-state index is 0.0277. The van der Waals surface area contributed by atoms with Crippen LogP contribution in [0.2, 0.25) is 18.1 Å². The summed E-state index contributed by atoms with van der Waals surface area (Å²) in [6.45, 7) is 6.70. The summed E-state index contributed by atoms with van der Waals surface area (Å²) in [5, 5.41) is 12.2. The van der Waals surface area contributed by atoms with E-state index in [4.69, 9.17) is 9.26 Å². The predicted molar refractivity (Wildman–Crippen MR) is 126 cm³/mol. The minimum Gasteiger partial charge on any atom is -0.497 e. The highest BCUT2D eigenvalue weighted by Crippen LogP contribution is 2.31. The van der Waals surface area contributed by atoms with E-state index in [1.807, 2.05) is 42.4 Å². The van der Waals surface area contributed by atoms with Crippen LogP contribution in [0.1, 0.15) is 44.2 Å². The van der Waals surface area contributed by atoms with Crippen LogP contribution in [0.3, 0.4) is 0 Å². The van der Waals surface area contributed by atoms with Gasteiger partial charge in [0.05, 0.1) is 25.1 Å². The molecule has 0 radical (unpaired) electrons. The summed E-state index contributed by atoms with van der Waals surface area (Å²) < 4.78 is 12.0. The molecule has 0 bridgehead atoms. The molecule has 2 aromatic carbocycles. The first-order valence-electron chi connectivity index (χ1n) is 11.0. The summed E-state index contributed by atoms with van der Waals surface area (Å²) in [6.07, 6.45) is 1.76. The molecule has 2 rings (SSSR count). The molecule has 4 nitrogen and oxygen atoms in total. The van der Waals surface area contributed by atoms with Crippen LogP contribution >= 0.6 is 0 Å². The molecule has 0 aromatic heterocycles. The number of hydrogen-bond acceptors (Lipinski definition) is 4. The summed E-state index contributed by atoms with van der Waals surface area (Å²) in [5.41, 5.74) is 2.29. The molecular formula is C25H36N2O2Si. The highest BCUT2D eigenvalue weighted by atomic mass is 28.4. The van der Waals surface area contributed by atoms with Crippen LogP contribution < -0.4 is 4.74 Å². The van der Waals surface area contributed by atoms with E-state index in [1.165, 1.54) is 5.56 Å². The highest BCUT2D eigenvalue weighted by Gasteiger charge is 2.35. The summed E-state index contributed by atoms with van der Waals surface area (Å²) in [6, 6.07) is 24.1. The lowest BCUT2D eigenvalue weighted by Gasteiger charge is -2.38. The molecule has 0 aliphatic rings.